The van der Waals surface area contributed by atoms with Gasteiger partial charge in [-0.1, -0.05) is 80.4 Å². The molecule has 0 aliphatic carbocycles. The second-order valence-corrected chi connectivity index (χ2v) is 7.75. The average Bonchev–Trinajstić information content (AvgIpc) is 2.68. The zero-order valence-corrected chi connectivity index (χ0v) is 17.8. The van der Waals surface area contributed by atoms with E-state index in [9.17, 15) is 0 Å². The summed E-state index contributed by atoms with van der Waals surface area (Å²) >= 11 is 12.0. The summed E-state index contributed by atoms with van der Waals surface area (Å²) in [6.07, 6.45) is 8.66. The van der Waals surface area contributed by atoms with Crippen LogP contribution in [0.5, 0.6) is 5.75 Å². The topological polar surface area (TPSA) is 21.3 Å². The monoisotopic (exact) mass is 407 g/mol. The standard InChI is InChI=1S/C23H31Cl2NO/c1-2-3-4-5-6-7-16-27-21-11-8-20(9-12-21)18-26-15-14-19-10-13-22(24)23(25)17-19/h8-13,17,26H,2-7,14-16,18H2,1H3. The third-order valence-corrected chi connectivity index (χ3v) is 5.33. The normalized spacial score (nSPS) is 10.9. The molecule has 27 heavy (non-hydrogen) atoms. The van der Waals surface area contributed by atoms with Gasteiger partial charge in [-0.05, 0) is 54.8 Å². The summed E-state index contributed by atoms with van der Waals surface area (Å²) in [7, 11) is 0. The molecule has 2 aromatic carbocycles. The molecule has 0 aliphatic heterocycles. The van der Waals surface area contributed by atoms with Gasteiger partial charge in [0.05, 0.1) is 16.7 Å². The second kappa shape index (κ2) is 13.0. The van der Waals surface area contributed by atoms with Crippen LogP contribution in [0.4, 0.5) is 0 Å². The zero-order valence-electron chi connectivity index (χ0n) is 16.3. The van der Waals surface area contributed by atoms with E-state index in [0.717, 1.165) is 38.3 Å². The van der Waals surface area contributed by atoms with Gasteiger partial charge in [0.2, 0.25) is 0 Å². The third kappa shape index (κ3) is 9.01. The number of rotatable bonds is 13. The second-order valence-electron chi connectivity index (χ2n) is 6.94. The van der Waals surface area contributed by atoms with Crippen LogP contribution >= 0.6 is 23.2 Å². The van der Waals surface area contributed by atoms with E-state index >= 15 is 0 Å². The summed E-state index contributed by atoms with van der Waals surface area (Å²) in [6.45, 7) is 4.80. The van der Waals surface area contributed by atoms with Crippen molar-refractivity contribution in [1.29, 1.82) is 0 Å². The quantitative estimate of drug-likeness (QED) is 0.358. The van der Waals surface area contributed by atoms with Crippen LogP contribution in [0.2, 0.25) is 10.0 Å². The van der Waals surface area contributed by atoms with Crippen molar-refractivity contribution in [2.75, 3.05) is 13.2 Å². The Labute approximate surface area is 174 Å². The first-order valence-electron chi connectivity index (χ1n) is 10.1. The smallest absolute Gasteiger partial charge is 0.119 e. The third-order valence-electron chi connectivity index (χ3n) is 4.59. The van der Waals surface area contributed by atoms with Crippen molar-refractivity contribution in [3.8, 4) is 5.75 Å². The lowest BCUT2D eigenvalue weighted by Crippen LogP contribution is -2.16. The molecule has 0 unspecified atom stereocenters. The van der Waals surface area contributed by atoms with Crippen LogP contribution < -0.4 is 10.1 Å². The Bertz CT molecular complexity index is 658. The molecule has 2 aromatic rings. The fraction of sp³-hybridized carbons (Fsp3) is 0.478. The minimum Gasteiger partial charge on any atom is -0.494 e. The summed E-state index contributed by atoms with van der Waals surface area (Å²) in [5.74, 6) is 0.961. The van der Waals surface area contributed by atoms with Crippen molar-refractivity contribution in [2.24, 2.45) is 0 Å². The summed E-state index contributed by atoms with van der Waals surface area (Å²) < 4.78 is 5.83. The lowest BCUT2D eigenvalue weighted by Gasteiger charge is -2.09. The SMILES string of the molecule is CCCCCCCCOc1ccc(CNCCc2ccc(Cl)c(Cl)c2)cc1. The van der Waals surface area contributed by atoms with E-state index in [1.54, 1.807) is 0 Å². The average molecular weight is 408 g/mol. The van der Waals surface area contributed by atoms with Crippen LogP contribution in [0, 0.1) is 0 Å². The molecule has 0 radical (unpaired) electrons. The Morgan fingerprint density at radius 2 is 1.52 bits per heavy atom. The highest BCUT2D eigenvalue weighted by atomic mass is 35.5. The van der Waals surface area contributed by atoms with Crippen LogP contribution in [0.3, 0.4) is 0 Å². The van der Waals surface area contributed by atoms with Gasteiger partial charge in [0.1, 0.15) is 5.75 Å². The number of ether oxygens (including phenoxy) is 1. The maximum Gasteiger partial charge on any atom is 0.119 e. The van der Waals surface area contributed by atoms with Crippen LogP contribution in [0.15, 0.2) is 42.5 Å². The Hall–Kier alpha value is -1.22. The van der Waals surface area contributed by atoms with E-state index in [4.69, 9.17) is 27.9 Å². The van der Waals surface area contributed by atoms with Crippen molar-refractivity contribution in [2.45, 2.75) is 58.4 Å². The van der Waals surface area contributed by atoms with Crippen molar-refractivity contribution in [1.82, 2.24) is 5.32 Å². The molecule has 0 bridgehead atoms. The zero-order chi connectivity index (χ0) is 19.3. The first kappa shape index (κ1) is 22.1. The Balaban J connectivity index is 1.59. The van der Waals surface area contributed by atoms with Crippen molar-refractivity contribution >= 4 is 23.2 Å². The van der Waals surface area contributed by atoms with Gasteiger partial charge in [0, 0.05) is 6.54 Å². The number of hydrogen-bond acceptors (Lipinski definition) is 2. The van der Waals surface area contributed by atoms with Gasteiger partial charge in [-0.15, -0.1) is 0 Å². The van der Waals surface area contributed by atoms with Crippen LogP contribution in [-0.2, 0) is 13.0 Å². The fourth-order valence-corrected chi connectivity index (χ4v) is 3.26. The molecule has 0 saturated heterocycles. The highest BCUT2D eigenvalue weighted by Gasteiger charge is 2.00. The first-order chi connectivity index (χ1) is 13.2. The van der Waals surface area contributed by atoms with Crippen LogP contribution in [0.1, 0.15) is 56.6 Å². The van der Waals surface area contributed by atoms with E-state index in [-0.39, 0.29) is 0 Å². The van der Waals surface area contributed by atoms with E-state index < -0.39 is 0 Å². The van der Waals surface area contributed by atoms with Gasteiger partial charge in [-0.25, -0.2) is 0 Å². The van der Waals surface area contributed by atoms with Gasteiger partial charge in [-0.2, -0.15) is 0 Å². The van der Waals surface area contributed by atoms with E-state index in [1.165, 1.54) is 43.2 Å². The van der Waals surface area contributed by atoms with E-state index in [1.807, 2.05) is 18.2 Å². The molecule has 0 fully saturated rings. The highest BCUT2D eigenvalue weighted by molar-refractivity contribution is 6.42. The van der Waals surface area contributed by atoms with Crippen LogP contribution in [-0.4, -0.2) is 13.2 Å². The molecule has 0 heterocycles. The molecular weight excluding hydrogens is 377 g/mol. The van der Waals surface area contributed by atoms with Crippen molar-refractivity contribution in [3.05, 3.63) is 63.6 Å². The number of halogens is 2. The summed E-state index contributed by atoms with van der Waals surface area (Å²) in [5.41, 5.74) is 2.45. The molecule has 0 aromatic heterocycles. The number of nitrogens with one attached hydrogen (secondary N) is 1. The van der Waals surface area contributed by atoms with E-state index in [0.29, 0.717) is 10.0 Å². The Morgan fingerprint density at radius 1 is 0.815 bits per heavy atom. The highest BCUT2D eigenvalue weighted by Crippen LogP contribution is 2.22. The molecule has 1 N–H and O–H groups in total. The summed E-state index contributed by atoms with van der Waals surface area (Å²) in [4.78, 5) is 0. The fourth-order valence-electron chi connectivity index (χ4n) is 2.94. The molecule has 148 valence electrons. The number of unbranched alkanes of at least 4 members (excludes halogenated alkanes) is 5. The maximum atomic E-state index is 6.05. The molecule has 4 heteroatoms. The van der Waals surface area contributed by atoms with Gasteiger partial charge in [-0.3, -0.25) is 0 Å². The predicted octanol–water partition coefficient (Wildman–Crippen LogP) is 7.07. The van der Waals surface area contributed by atoms with Gasteiger partial charge in [0.15, 0.2) is 0 Å². The number of benzene rings is 2. The molecule has 2 nitrogen and oxygen atoms in total. The maximum absolute atomic E-state index is 6.05. The molecule has 0 amide bonds. The lowest BCUT2D eigenvalue weighted by molar-refractivity contribution is 0.304. The summed E-state index contributed by atoms with van der Waals surface area (Å²) in [6, 6.07) is 14.2. The first-order valence-corrected chi connectivity index (χ1v) is 10.8. The minimum atomic E-state index is 0.604. The molecule has 2 rings (SSSR count). The van der Waals surface area contributed by atoms with E-state index in [2.05, 4.69) is 36.5 Å². The molecule has 0 atom stereocenters. The Morgan fingerprint density at radius 3 is 2.26 bits per heavy atom. The Kier molecular flexibility index (Phi) is 10.7. The molecule has 0 aliphatic rings. The molecule has 0 saturated carbocycles. The number of hydrogen-bond donors (Lipinski definition) is 1. The van der Waals surface area contributed by atoms with Crippen molar-refractivity contribution < 1.29 is 4.74 Å². The minimum absolute atomic E-state index is 0.604. The van der Waals surface area contributed by atoms with Gasteiger partial charge >= 0.3 is 0 Å². The van der Waals surface area contributed by atoms with Crippen molar-refractivity contribution in [3.63, 3.8) is 0 Å². The van der Waals surface area contributed by atoms with Crippen LogP contribution in [0.25, 0.3) is 0 Å². The van der Waals surface area contributed by atoms with Gasteiger partial charge in [0.25, 0.3) is 0 Å². The summed E-state index contributed by atoms with van der Waals surface area (Å²) in [5, 5.41) is 4.68. The lowest BCUT2D eigenvalue weighted by atomic mass is 10.1. The predicted molar refractivity (Wildman–Crippen MR) is 117 cm³/mol. The largest absolute Gasteiger partial charge is 0.494 e. The molecule has 0 spiro atoms. The van der Waals surface area contributed by atoms with Gasteiger partial charge < -0.3 is 10.1 Å². The molecular formula is C23H31Cl2NO.